The predicted molar refractivity (Wildman–Crippen MR) is 81.6 cm³/mol. The topological polar surface area (TPSA) is 83.6 Å². The third kappa shape index (κ3) is 5.30. The van der Waals surface area contributed by atoms with Gasteiger partial charge in [-0.05, 0) is 19.8 Å². The molecule has 0 bridgehead atoms. The van der Waals surface area contributed by atoms with E-state index < -0.39 is 15.9 Å². The molecule has 0 spiro atoms. The standard InChI is InChI=1S/C14H26N2O4S/c1-4-7-12-14(18)16(11(3)10-13(17)15-12)8-6-9-21(19,20)5-2/h11-12H,4-10H2,1-3H3,(H,15,17). The van der Waals surface area contributed by atoms with Crippen LogP contribution in [0.15, 0.2) is 0 Å². The van der Waals surface area contributed by atoms with E-state index in [1.807, 2.05) is 13.8 Å². The third-order valence-electron chi connectivity index (χ3n) is 3.80. The van der Waals surface area contributed by atoms with Gasteiger partial charge in [0.2, 0.25) is 11.8 Å². The van der Waals surface area contributed by atoms with E-state index in [4.69, 9.17) is 0 Å². The van der Waals surface area contributed by atoms with Crippen LogP contribution in [0, 0.1) is 0 Å². The molecule has 1 aliphatic heterocycles. The van der Waals surface area contributed by atoms with E-state index >= 15 is 0 Å². The van der Waals surface area contributed by atoms with E-state index in [1.165, 1.54) is 0 Å². The minimum absolute atomic E-state index is 0.0832. The summed E-state index contributed by atoms with van der Waals surface area (Å²) in [6.07, 6.45) is 2.11. The van der Waals surface area contributed by atoms with Gasteiger partial charge in [-0.15, -0.1) is 0 Å². The molecule has 7 heteroatoms. The second-order valence-corrected chi connectivity index (χ2v) is 8.06. The van der Waals surface area contributed by atoms with Gasteiger partial charge in [-0.1, -0.05) is 20.3 Å². The number of nitrogens with zero attached hydrogens (tertiary/aromatic N) is 1. The fourth-order valence-electron chi connectivity index (χ4n) is 2.52. The number of amides is 2. The molecule has 0 aromatic carbocycles. The van der Waals surface area contributed by atoms with Crippen LogP contribution < -0.4 is 5.32 Å². The van der Waals surface area contributed by atoms with Gasteiger partial charge >= 0.3 is 0 Å². The van der Waals surface area contributed by atoms with Crippen LogP contribution >= 0.6 is 0 Å². The lowest BCUT2D eigenvalue weighted by molar-refractivity contribution is -0.135. The highest BCUT2D eigenvalue weighted by atomic mass is 32.2. The Labute approximate surface area is 127 Å². The van der Waals surface area contributed by atoms with E-state index in [1.54, 1.807) is 11.8 Å². The van der Waals surface area contributed by atoms with Gasteiger partial charge in [0, 0.05) is 24.8 Å². The fraction of sp³-hybridized carbons (Fsp3) is 0.857. The SMILES string of the molecule is CCCC1NC(=O)CC(C)N(CCCS(=O)(=O)CC)C1=O. The molecule has 1 rings (SSSR count). The van der Waals surface area contributed by atoms with Crippen LogP contribution in [0.3, 0.4) is 0 Å². The number of rotatable bonds is 7. The molecule has 2 atom stereocenters. The van der Waals surface area contributed by atoms with Crippen LogP contribution in [0.1, 0.15) is 46.5 Å². The van der Waals surface area contributed by atoms with E-state index in [2.05, 4.69) is 5.32 Å². The molecule has 6 nitrogen and oxygen atoms in total. The molecule has 1 heterocycles. The van der Waals surface area contributed by atoms with Crippen LogP contribution in [0.25, 0.3) is 0 Å². The summed E-state index contributed by atoms with van der Waals surface area (Å²) in [4.78, 5) is 25.9. The molecule has 0 radical (unpaired) electrons. The predicted octanol–water partition coefficient (Wildman–Crippen LogP) is 0.717. The van der Waals surface area contributed by atoms with Gasteiger partial charge in [-0.3, -0.25) is 9.59 Å². The average Bonchev–Trinajstić information content (AvgIpc) is 2.50. The van der Waals surface area contributed by atoms with E-state index in [9.17, 15) is 18.0 Å². The van der Waals surface area contributed by atoms with Crippen LogP contribution in [0.4, 0.5) is 0 Å². The van der Waals surface area contributed by atoms with Crippen molar-refractivity contribution < 1.29 is 18.0 Å². The third-order valence-corrected chi connectivity index (χ3v) is 5.59. The first-order valence-corrected chi connectivity index (χ1v) is 9.43. The highest BCUT2D eigenvalue weighted by Crippen LogP contribution is 2.15. The van der Waals surface area contributed by atoms with E-state index in [0.717, 1.165) is 6.42 Å². The molecule has 21 heavy (non-hydrogen) atoms. The second-order valence-electron chi connectivity index (χ2n) is 5.58. The van der Waals surface area contributed by atoms with Crippen molar-refractivity contribution in [2.75, 3.05) is 18.1 Å². The molecule has 0 aromatic rings. The van der Waals surface area contributed by atoms with Crippen LogP contribution in [-0.4, -0.2) is 55.3 Å². The summed E-state index contributed by atoms with van der Waals surface area (Å²) in [6.45, 7) is 5.80. The smallest absolute Gasteiger partial charge is 0.245 e. The zero-order valence-corrected chi connectivity index (χ0v) is 13.9. The van der Waals surface area contributed by atoms with Crippen molar-refractivity contribution in [2.24, 2.45) is 0 Å². The quantitative estimate of drug-likeness (QED) is 0.749. The Morgan fingerprint density at radius 2 is 1.95 bits per heavy atom. The number of sulfone groups is 1. The van der Waals surface area contributed by atoms with Gasteiger partial charge in [0.15, 0.2) is 0 Å². The molecule has 1 fully saturated rings. The Hall–Kier alpha value is -1.11. The highest BCUT2D eigenvalue weighted by Gasteiger charge is 2.33. The number of carbonyl (C=O) groups excluding carboxylic acids is 2. The Morgan fingerprint density at radius 3 is 2.52 bits per heavy atom. The van der Waals surface area contributed by atoms with Crippen molar-refractivity contribution in [3.63, 3.8) is 0 Å². The lowest BCUT2D eigenvalue weighted by Gasteiger charge is -2.28. The van der Waals surface area contributed by atoms with Crippen molar-refractivity contribution in [3.05, 3.63) is 0 Å². The summed E-state index contributed by atoms with van der Waals surface area (Å²) in [5, 5.41) is 2.76. The zero-order valence-electron chi connectivity index (χ0n) is 13.1. The number of nitrogens with one attached hydrogen (secondary N) is 1. The van der Waals surface area contributed by atoms with Gasteiger partial charge in [0.05, 0.1) is 5.75 Å². The first kappa shape index (κ1) is 17.9. The summed E-state index contributed by atoms with van der Waals surface area (Å²) in [6, 6.07) is -0.668. The number of carbonyl (C=O) groups is 2. The fourth-order valence-corrected chi connectivity index (χ4v) is 3.38. The molecular formula is C14H26N2O4S. The number of hydrogen-bond acceptors (Lipinski definition) is 4. The Morgan fingerprint density at radius 1 is 1.29 bits per heavy atom. The maximum atomic E-state index is 12.5. The molecular weight excluding hydrogens is 292 g/mol. The molecule has 1 N–H and O–H groups in total. The Kier molecular flexibility index (Phi) is 6.64. The molecule has 0 aliphatic carbocycles. The minimum atomic E-state index is -3.02. The Balaban J connectivity index is 2.72. The first-order valence-electron chi connectivity index (χ1n) is 7.61. The van der Waals surface area contributed by atoms with Crippen molar-refractivity contribution in [1.82, 2.24) is 10.2 Å². The largest absolute Gasteiger partial charge is 0.344 e. The maximum Gasteiger partial charge on any atom is 0.245 e. The normalized spacial score (nSPS) is 23.9. The average molecular weight is 318 g/mol. The summed E-state index contributed by atoms with van der Waals surface area (Å²) >= 11 is 0. The molecule has 122 valence electrons. The molecule has 0 aromatic heterocycles. The van der Waals surface area contributed by atoms with Crippen LogP contribution in [0.5, 0.6) is 0 Å². The van der Waals surface area contributed by atoms with Crippen molar-refractivity contribution in [1.29, 1.82) is 0 Å². The van der Waals surface area contributed by atoms with Crippen molar-refractivity contribution in [2.45, 2.75) is 58.5 Å². The minimum Gasteiger partial charge on any atom is -0.344 e. The van der Waals surface area contributed by atoms with Gasteiger partial charge in [-0.2, -0.15) is 0 Å². The maximum absolute atomic E-state index is 12.5. The van der Waals surface area contributed by atoms with Gasteiger partial charge in [-0.25, -0.2) is 8.42 Å². The molecule has 1 saturated heterocycles. The molecule has 2 amide bonds. The molecule has 1 aliphatic rings. The van der Waals surface area contributed by atoms with Gasteiger partial charge < -0.3 is 10.2 Å². The first-order chi connectivity index (χ1) is 9.80. The summed E-state index contributed by atoms with van der Waals surface area (Å²) < 4.78 is 23.0. The second kappa shape index (κ2) is 7.77. The monoisotopic (exact) mass is 318 g/mol. The lowest BCUT2D eigenvalue weighted by atomic mass is 10.1. The van der Waals surface area contributed by atoms with Crippen molar-refractivity contribution >= 4 is 21.7 Å². The van der Waals surface area contributed by atoms with Gasteiger partial charge in [0.25, 0.3) is 0 Å². The summed E-state index contributed by atoms with van der Waals surface area (Å²) in [5.41, 5.74) is 0. The zero-order chi connectivity index (χ0) is 16.0. The van der Waals surface area contributed by atoms with Crippen LogP contribution in [-0.2, 0) is 19.4 Å². The summed E-state index contributed by atoms with van der Waals surface area (Å²) in [5.74, 6) is -0.00322. The van der Waals surface area contributed by atoms with Crippen molar-refractivity contribution in [3.8, 4) is 0 Å². The molecule has 2 unspecified atom stereocenters. The Bertz CT molecular complexity index is 475. The summed E-state index contributed by atoms with van der Waals surface area (Å²) in [7, 11) is -3.02. The van der Waals surface area contributed by atoms with Crippen LogP contribution in [0.2, 0.25) is 0 Å². The van der Waals surface area contributed by atoms with E-state index in [-0.39, 0.29) is 35.8 Å². The highest BCUT2D eigenvalue weighted by molar-refractivity contribution is 7.91. The lowest BCUT2D eigenvalue weighted by Crippen LogP contribution is -2.46. The number of hydrogen-bond donors (Lipinski definition) is 1. The van der Waals surface area contributed by atoms with Gasteiger partial charge in [0.1, 0.15) is 15.9 Å². The van der Waals surface area contributed by atoms with E-state index in [0.29, 0.717) is 19.4 Å². The molecule has 0 saturated carbocycles.